The fourth-order valence-corrected chi connectivity index (χ4v) is 1.75. The van der Waals surface area contributed by atoms with E-state index in [1.54, 1.807) is 6.07 Å². The highest BCUT2D eigenvalue weighted by atomic mass is 127. The molecule has 0 aliphatic carbocycles. The first-order valence-electron chi connectivity index (χ1n) is 2.77. The van der Waals surface area contributed by atoms with Crippen LogP contribution in [0.1, 0.15) is 10.4 Å². The Labute approximate surface area is 81.7 Å². The predicted octanol–water partition coefficient (Wildman–Crippen LogP) is 2.81. The standard InChI is InChI=1S/C7H3ClFIO/c8-7(11)6-4(9)2-1-3-5(6)10/h1-3H. The number of benzene rings is 1. The van der Waals surface area contributed by atoms with Crippen molar-refractivity contribution in [2.75, 3.05) is 0 Å². The van der Waals surface area contributed by atoms with Crippen molar-refractivity contribution in [3.8, 4) is 0 Å². The molecule has 0 heterocycles. The van der Waals surface area contributed by atoms with Gasteiger partial charge in [-0.15, -0.1) is 0 Å². The first kappa shape index (κ1) is 8.93. The smallest absolute Gasteiger partial charge is 0.256 e. The van der Waals surface area contributed by atoms with Crippen molar-refractivity contribution in [2.45, 2.75) is 0 Å². The summed E-state index contributed by atoms with van der Waals surface area (Å²) in [6.45, 7) is 0. The molecule has 0 aliphatic heterocycles. The third kappa shape index (κ3) is 1.90. The maximum absolute atomic E-state index is 12.8. The molecule has 0 atom stereocenters. The molecule has 0 saturated carbocycles. The molecular weight excluding hydrogens is 281 g/mol. The van der Waals surface area contributed by atoms with E-state index in [1.165, 1.54) is 12.1 Å². The van der Waals surface area contributed by atoms with Gasteiger partial charge in [-0.05, 0) is 46.3 Å². The van der Waals surface area contributed by atoms with Crippen molar-refractivity contribution in [1.82, 2.24) is 0 Å². The molecule has 0 amide bonds. The molecule has 0 aromatic heterocycles. The quantitative estimate of drug-likeness (QED) is 0.572. The molecule has 0 N–H and O–H groups in total. The van der Waals surface area contributed by atoms with Crippen molar-refractivity contribution in [3.63, 3.8) is 0 Å². The molecule has 0 bridgehead atoms. The maximum Gasteiger partial charge on any atom is 0.256 e. The molecule has 0 saturated heterocycles. The van der Waals surface area contributed by atoms with Crippen LogP contribution in [0.25, 0.3) is 0 Å². The minimum absolute atomic E-state index is 0.0465. The van der Waals surface area contributed by atoms with E-state index in [-0.39, 0.29) is 5.56 Å². The average molecular weight is 284 g/mol. The summed E-state index contributed by atoms with van der Waals surface area (Å²) < 4.78 is 13.3. The number of carbonyl (C=O) groups is 1. The van der Waals surface area contributed by atoms with Crippen LogP contribution in [0, 0.1) is 9.39 Å². The zero-order chi connectivity index (χ0) is 8.43. The average Bonchev–Trinajstić information content (AvgIpc) is 1.85. The zero-order valence-corrected chi connectivity index (χ0v) is 8.19. The van der Waals surface area contributed by atoms with E-state index in [0.717, 1.165) is 0 Å². The van der Waals surface area contributed by atoms with Crippen LogP contribution in [0.3, 0.4) is 0 Å². The van der Waals surface area contributed by atoms with Crippen LogP contribution < -0.4 is 0 Å². The molecule has 1 aromatic rings. The topological polar surface area (TPSA) is 17.1 Å². The summed E-state index contributed by atoms with van der Waals surface area (Å²) in [7, 11) is 0. The first-order chi connectivity index (χ1) is 5.13. The zero-order valence-electron chi connectivity index (χ0n) is 5.27. The normalized spacial score (nSPS) is 9.73. The highest BCUT2D eigenvalue weighted by Crippen LogP contribution is 2.17. The molecular formula is C7H3ClFIO. The first-order valence-corrected chi connectivity index (χ1v) is 4.22. The lowest BCUT2D eigenvalue weighted by atomic mass is 10.2. The number of hydrogen-bond acceptors (Lipinski definition) is 1. The SMILES string of the molecule is O=C(Cl)c1c(F)cccc1I. The van der Waals surface area contributed by atoms with Crippen LogP contribution >= 0.6 is 34.2 Å². The number of carbonyl (C=O) groups excluding carboxylic acids is 1. The van der Waals surface area contributed by atoms with E-state index in [2.05, 4.69) is 0 Å². The van der Waals surface area contributed by atoms with E-state index in [0.29, 0.717) is 3.57 Å². The van der Waals surface area contributed by atoms with Gasteiger partial charge in [0.15, 0.2) is 0 Å². The second-order valence-electron chi connectivity index (χ2n) is 1.87. The number of hydrogen-bond donors (Lipinski definition) is 0. The van der Waals surface area contributed by atoms with Crippen molar-refractivity contribution >= 4 is 39.4 Å². The van der Waals surface area contributed by atoms with Crippen molar-refractivity contribution in [3.05, 3.63) is 33.1 Å². The Hall–Kier alpha value is -0.160. The van der Waals surface area contributed by atoms with Gasteiger partial charge < -0.3 is 0 Å². The lowest BCUT2D eigenvalue weighted by Crippen LogP contribution is -1.97. The molecule has 1 rings (SSSR count). The summed E-state index contributed by atoms with van der Waals surface area (Å²) in [5, 5.41) is -0.757. The lowest BCUT2D eigenvalue weighted by molar-refractivity contribution is 0.107. The Bertz CT molecular complexity index is 280. The molecule has 0 radical (unpaired) electrons. The maximum atomic E-state index is 12.8. The van der Waals surface area contributed by atoms with Gasteiger partial charge in [-0.3, -0.25) is 4.79 Å². The van der Waals surface area contributed by atoms with Gasteiger partial charge in [0.25, 0.3) is 5.24 Å². The fourth-order valence-electron chi connectivity index (χ4n) is 0.686. The van der Waals surface area contributed by atoms with Gasteiger partial charge in [0, 0.05) is 3.57 Å². The Morgan fingerprint density at radius 3 is 2.55 bits per heavy atom. The summed E-state index contributed by atoms with van der Waals surface area (Å²) in [6.07, 6.45) is 0. The Kier molecular flexibility index (Phi) is 2.84. The monoisotopic (exact) mass is 284 g/mol. The van der Waals surface area contributed by atoms with E-state index in [1.807, 2.05) is 22.6 Å². The van der Waals surface area contributed by atoms with Crippen LogP contribution in [0.15, 0.2) is 18.2 Å². The third-order valence-electron chi connectivity index (χ3n) is 1.16. The van der Waals surface area contributed by atoms with E-state index in [9.17, 15) is 9.18 Å². The molecule has 0 aliphatic rings. The summed E-state index contributed by atoms with van der Waals surface area (Å²) in [5.41, 5.74) is -0.0465. The summed E-state index contributed by atoms with van der Waals surface area (Å²) >= 11 is 6.99. The Morgan fingerprint density at radius 1 is 1.55 bits per heavy atom. The van der Waals surface area contributed by atoms with Crippen molar-refractivity contribution in [1.29, 1.82) is 0 Å². The minimum Gasteiger partial charge on any atom is -0.275 e. The van der Waals surface area contributed by atoms with Crippen molar-refractivity contribution < 1.29 is 9.18 Å². The number of halogens is 3. The van der Waals surface area contributed by atoms with Crippen LogP contribution in [-0.4, -0.2) is 5.24 Å². The summed E-state index contributed by atoms with van der Waals surface area (Å²) in [5.74, 6) is -0.572. The predicted molar refractivity (Wildman–Crippen MR) is 49.3 cm³/mol. The Balaban J connectivity index is 3.32. The lowest BCUT2D eigenvalue weighted by Gasteiger charge is -1.98. The van der Waals surface area contributed by atoms with Gasteiger partial charge in [-0.1, -0.05) is 6.07 Å². The third-order valence-corrected chi connectivity index (χ3v) is 2.25. The molecule has 1 nitrogen and oxygen atoms in total. The highest BCUT2D eigenvalue weighted by molar-refractivity contribution is 14.1. The fraction of sp³-hybridized carbons (Fsp3) is 0. The van der Waals surface area contributed by atoms with Crippen LogP contribution in [0.5, 0.6) is 0 Å². The van der Waals surface area contributed by atoms with Gasteiger partial charge in [0.05, 0.1) is 5.56 Å². The van der Waals surface area contributed by atoms with Gasteiger partial charge in [0.2, 0.25) is 0 Å². The highest BCUT2D eigenvalue weighted by Gasteiger charge is 2.11. The second kappa shape index (κ2) is 3.49. The molecule has 4 heteroatoms. The molecule has 0 spiro atoms. The molecule has 0 fully saturated rings. The molecule has 58 valence electrons. The van der Waals surface area contributed by atoms with Gasteiger partial charge in [-0.2, -0.15) is 0 Å². The van der Waals surface area contributed by atoms with E-state index >= 15 is 0 Å². The minimum atomic E-state index is -0.757. The van der Waals surface area contributed by atoms with Gasteiger partial charge in [-0.25, -0.2) is 4.39 Å². The summed E-state index contributed by atoms with van der Waals surface area (Å²) in [6, 6.07) is 4.36. The molecule has 1 aromatic carbocycles. The summed E-state index contributed by atoms with van der Waals surface area (Å²) in [4.78, 5) is 10.6. The van der Waals surface area contributed by atoms with Crippen LogP contribution in [0.4, 0.5) is 4.39 Å². The second-order valence-corrected chi connectivity index (χ2v) is 3.38. The van der Waals surface area contributed by atoms with Crippen LogP contribution in [-0.2, 0) is 0 Å². The van der Waals surface area contributed by atoms with E-state index in [4.69, 9.17) is 11.6 Å². The van der Waals surface area contributed by atoms with Gasteiger partial charge in [0.1, 0.15) is 5.82 Å². The Morgan fingerprint density at radius 2 is 2.18 bits per heavy atom. The van der Waals surface area contributed by atoms with Crippen molar-refractivity contribution in [2.24, 2.45) is 0 Å². The van der Waals surface area contributed by atoms with E-state index < -0.39 is 11.1 Å². The van der Waals surface area contributed by atoms with Gasteiger partial charge >= 0.3 is 0 Å². The largest absolute Gasteiger partial charge is 0.275 e. The molecule has 0 unspecified atom stereocenters. The molecule has 11 heavy (non-hydrogen) atoms. The number of rotatable bonds is 1. The van der Waals surface area contributed by atoms with Crippen LogP contribution in [0.2, 0.25) is 0 Å².